The van der Waals surface area contributed by atoms with Crippen molar-refractivity contribution in [3.8, 4) is 0 Å². The average molecular weight is 253 g/mol. The topological polar surface area (TPSA) is 29.0 Å². The zero-order valence-electron chi connectivity index (χ0n) is 11.3. The summed E-state index contributed by atoms with van der Waals surface area (Å²) in [7, 11) is 0. The molecule has 3 nitrogen and oxygen atoms in total. The molecule has 0 spiro atoms. The van der Waals surface area contributed by atoms with E-state index >= 15 is 0 Å². The smallest absolute Gasteiger partial charge is 0.0547 e. The Kier molecular flexibility index (Phi) is 3.56. The van der Waals surface area contributed by atoms with Gasteiger partial charge in [0.1, 0.15) is 0 Å². The third kappa shape index (κ3) is 2.99. The first-order valence-corrected chi connectivity index (χ1v) is 6.95. The molecule has 3 heteroatoms. The van der Waals surface area contributed by atoms with E-state index in [1.807, 2.05) is 0 Å². The van der Waals surface area contributed by atoms with Gasteiger partial charge < -0.3 is 0 Å². The third-order valence-electron chi connectivity index (χ3n) is 3.58. The Morgan fingerprint density at radius 2 is 1.32 bits per heavy atom. The first kappa shape index (κ1) is 12.3. The van der Waals surface area contributed by atoms with Gasteiger partial charge in [0.15, 0.2) is 0 Å². The fraction of sp³-hybridized carbons (Fsp3) is 0.375. The van der Waals surface area contributed by atoms with Crippen molar-refractivity contribution < 1.29 is 0 Å². The summed E-state index contributed by atoms with van der Waals surface area (Å²) in [5, 5.41) is 0. The van der Waals surface area contributed by atoms with Gasteiger partial charge in [-0.15, -0.1) is 0 Å². The molecule has 0 aromatic carbocycles. The molecular formula is C16H19N3. The van der Waals surface area contributed by atoms with Crippen LogP contribution >= 0.6 is 0 Å². The van der Waals surface area contributed by atoms with Crippen LogP contribution in [0.4, 0.5) is 0 Å². The van der Waals surface area contributed by atoms with Crippen molar-refractivity contribution in [2.75, 3.05) is 6.54 Å². The minimum atomic E-state index is 0.899. The Morgan fingerprint density at radius 3 is 1.79 bits per heavy atom. The van der Waals surface area contributed by atoms with Crippen molar-refractivity contribution in [2.45, 2.75) is 32.9 Å². The Bertz CT molecular complexity index is 516. The van der Waals surface area contributed by atoms with Crippen LogP contribution in [0.25, 0.3) is 0 Å². The van der Waals surface area contributed by atoms with Crippen LogP contribution in [0, 0.1) is 0 Å². The number of fused-ring (bicyclic) bond motifs is 4. The van der Waals surface area contributed by atoms with Crippen LogP contribution in [0.3, 0.4) is 0 Å². The molecule has 0 atom stereocenters. The Hall–Kier alpha value is -1.74. The summed E-state index contributed by atoms with van der Waals surface area (Å²) in [5.41, 5.74) is 4.66. The zero-order chi connectivity index (χ0) is 13.1. The molecule has 0 fully saturated rings. The fourth-order valence-corrected chi connectivity index (χ4v) is 2.51. The molecule has 1 aliphatic rings. The Balaban J connectivity index is 1.97. The van der Waals surface area contributed by atoms with Gasteiger partial charge in [0, 0.05) is 24.5 Å². The highest BCUT2D eigenvalue weighted by Crippen LogP contribution is 2.12. The highest BCUT2D eigenvalue weighted by atomic mass is 15.1. The number of hydrogen-bond donors (Lipinski definition) is 0. The molecule has 19 heavy (non-hydrogen) atoms. The maximum Gasteiger partial charge on any atom is 0.0547 e. The zero-order valence-corrected chi connectivity index (χ0v) is 11.3. The summed E-state index contributed by atoms with van der Waals surface area (Å²) < 4.78 is 0. The van der Waals surface area contributed by atoms with Gasteiger partial charge in [-0.05, 0) is 43.7 Å². The van der Waals surface area contributed by atoms with Gasteiger partial charge >= 0.3 is 0 Å². The largest absolute Gasteiger partial charge is 0.292 e. The number of nitrogens with zero attached hydrogens (tertiary/aromatic N) is 3. The van der Waals surface area contributed by atoms with Crippen molar-refractivity contribution in [3.63, 3.8) is 0 Å². The van der Waals surface area contributed by atoms with E-state index in [2.05, 4.69) is 48.2 Å². The average Bonchev–Trinajstić information content (AvgIpc) is 2.46. The van der Waals surface area contributed by atoms with Crippen LogP contribution in [0.5, 0.6) is 0 Å². The number of aryl methyl sites for hydroxylation is 2. The quantitative estimate of drug-likeness (QED) is 0.782. The van der Waals surface area contributed by atoms with Gasteiger partial charge in [0.25, 0.3) is 0 Å². The summed E-state index contributed by atoms with van der Waals surface area (Å²) in [4.78, 5) is 11.9. The summed E-state index contributed by atoms with van der Waals surface area (Å²) in [6, 6.07) is 12.7. The minimum absolute atomic E-state index is 0.899. The SMILES string of the molecule is CCN1Cc2cccc(n2)CCc2cccc(n2)C1. The van der Waals surface area contributed by atoms with Crippen LogP contribution in [0.1, 0.15) is 29.7 Å². The lowest BCUT2D eigenvalue weighted by molar-refractivity contribution is 0.265. The molecule has 98 valence electrons. The lowest BCUT2D eigenvalue weighted by atomic mass is 10.1. The van der Waals surface area contributed by atoms with Crippen molar-refractivity contribution in [2.24, 2.45) is 0 Å². The van der Waals surface area contributed by atoms with Crippen LogP contribution in [-0.2, 0) is 25.9 Å². The highest BCUT2D eigenvalue weighted by Gasteiger charge is 2.10. The Morgan fingerprint density at radius 1 is 0.842 bits per heavy atom. The summed E-state index contributed by atoms with van der Waals surface area (Å²) in [5.74, 6) is 0. The van der Waals surface area contributed by atoms with Crippen molar-refractivity contribution >= 4 is 0 Å². The van der Waals surface area contributed by atoms with E-state index in [-0.39, 0.29) is 0 Å². The van der Waals surface area contributed by atoms with E-state index in [1.165, 1.54) is 11.4 Å². The molecule has 0 saturated carbocycles. The molecule has 0 radical (unpaired) electrons. The van der Waals surface area contributed by atoms with Crippen LogP contribution in [0.2, 0.25) is 0 Å². The van der Waals surface area contributed by atoms with E-state index < -0.39 is 0 Å². The second-order valence-corrected chi connectivity index (χ2v) is 5.04. The van der Waals surface area contributed by atoms with Gasteiger partial charge in [-0.1, -0.05) is 19.1 Å². The molecular weight excluding hydrogens is 234 g/mol. The summed E-state index contributed by atoms with van der Waals surface area (Å²) in [6.45, 7) is 5.00. The predicted octanol–water partition coefficient (Wildman–Crippen LogP) is 2.60. The lowest BCUT2D eigenvalue weighted by Crippen LogP contribution is -2.23. The van der Waals surface area contributed by atoms with E-state index in [9.17, 15) is 0 Å². The number of pyridine rings is 2. The molecule has 0 unspecified atom stereocenters. The van der Waals surface area contributed by atoms with E-state index in [4.69, 9.17) is 9.97 Å². The maximum absolute atomic E-state index is 4.75. The second kappa shape index (κ2) is 5.49. The first-order chi connectivity index (χ1) is 9.33. The van der Waals surface area contributed by atoms with Crippen molar-refractivity contribution in [1.29, 1.82) is 0 Å². The molecule has 2 aromatic rings. The van der Waals surface area contributed by atoms with Crippen molar-refractivity contribution in [3.05, 3.63) is 59.2 Å². The molecule has 1 aliphatic heterocycles. The summed E-state index contributed by atoms with van der Waals surface area (Å²) >= 11 is 0. The molecule has 3 rings (SSSR count). The molecule has 3 heterocycles. The standard InChI is InChI=1S/C16H19N3/c1-2-19-11-15-7-3-5-13(17-15)9-10-14-6-4-8-16(12-19)18-14/h3-8H,2,9-12H2,1H3. The molecule has 2 aromatic heterocycles. The molecule has 0 saturated heterocycles. The summed E-state index contributed by atoms with van der Waals surface area (Å²) in [6.07, 6.45) is 1.94. The number of hydrogen-bond acceptors (Lipinski definition) is 3. The van der Waals surface area contributed by atoms with E-state index in [0.717, 1.165) is 43.9 Å². The molecule has 4 bridgehead atoms. The molecule has 0 aliphatic carbocycles. The highest BCUT2D eigenvalue weighted by molar-refractivity contribution is 5.16. The third-order valence-corrected chi connectivity index (χ3v) is 3.58. The first-order valence-electron chi connectivity index (χ1n) is 6.95. The van der Waals surface area contributed by atoms with Crippen LogP contribution in [0.15, 0.2) is 36.4 Å². The van der Waals surface area contributed by atoms with E-state index in [0.29, 0.717) is 0 Å². The molecule has 0 N–H and O–H groups in total. The number of rotatable bonds is 1. The second-order valence-electron chi connectivity index (χ2n) is 5.04. The van der Waals surface area contributed by atoms with Crippen LogP contribution < -0.4 is 0 Å². The van der Waals surface area contributed by atoms with E-state index in [1.54, 1.807) is 0 Å². The van der Waals surface area contributed by atoms with Crippen molar-refractivity contribution in [1.82, 2.24) is 14.9 Å². The van der Waals surface area contributed by atoms with Gasteiger partial charge in [0.05, 0.1) is 11.4 Å². The minimum Gasteiger partial charge on any atom is -0.292 e. The lowest BCUT2D eigenvalue weighted by Gasteiger charge is -2.19. The maximum atomic E-state index is 4.75. The fourth-order valence-electron chi connectivity index (χ4n) is 2.51. The predicted molar refractivity (Wildman–Crippen MR) is 75.7 cm³/mol. The van der Waals surface area contributed by atoms with Crippen LogP contribution in [-0.4, -0.2) is 21.4 Å². The van der Waals surface area contributed by atoms with Gasteiger partial charge in [-0.3, -0.25) is 14.9 Å². The normalized spacial score (nSPS) is 15.8. The van der Waals surface area contributed by atoms with Gasteiger partial charge in [0.2, 0.25) is 0 Å². The Labute approximate surface area is 114 Å². The monoisotopic (exact) mass is 253 g/mol. The van der Waals surface area contributed by atoms with Gasteiger partial charge in [-0.2, -0.15) is 0 Å². The number of aromatic nitrogens is 2. The van der Waals surface area contributed by atoms with Gasteiger partial charge in [-0.25, -0.2) is 0 Å². The molecule has 0 amide bonds.